The van der Waals surface area contributed by atoms with E-state index >= 15 is 0 Å². The Morgan fingerprint density at radius 1 is 1.23 bits per heavy atom. The molecule has 0 amide bonds. The predicted octanol–water partition coefficient (Wildman–Crippen LogP) is 1.74. The molecule has 0 saturated carbocycles. The first kappa shape index (κ1) is 25.2. The molecule has 1 rings (SSSR count). The average molecular weight is 520 g/mol. The van der Waals surface area contributed by atoms with E-state index in [0.717, 1.165) is 17.7 Å². The number of sulfone groups is 1. The smallest absolute Gasteiger partial charge is 0.191 e. The summed E-state index contributed by atoms with van der Waals surface area (Å²) in [4.78, 5) is 4.12. The summed E-state index contributed by atoms with van der Waals surface area (Å²) in [5.41, 5.74) is 1.02. The summed E-state index contributed by atoms with van der Waals surface area (Å²) in [7, 11) is 0.307. The van der Waals surface area contributed by atoms with E-state index in [0.29, 0.717) is 30.7 Å². The van der Waals surface area contributed by atoms with Gasteiger partial charge in [0.25, 0.3) is 0 Å². The number of benzene rings is 1. The number of hydrogen-bond acceptors (Lipinski definition) is 5. The molecule has 0 aliphatic carbocycles. The van der Waals surface area contributed by atoms with Crippen LogP contribution in [0.3, 0.4) is 0 Å². The minimum absolute atomic E-state index is 0. The maximum absolute atomic E-state index is 11.0. The van der Waals surface area contributed by atoms with Gasteiger partial charge in [-0.15, -0.1) is 24.0 Å². The van der Waals surface area contributed by atoms with Crippen molar-refractivity contribution in [2.75, 3.05) is 52.5 Å². The second-order valence-corrected chi connectivity index (χ2v) is 8.04. The van der Waals surface area contributed by atoms with Crippen LogP contribution in [-0.4, -0.2) is 66.8 Å². The van der Waals surface area contributed by atoms with Crippen molar-refractivity contribution in [1.82, 2.24) is 10.6 Å². The number of rotatable bonds is 10. The molecule has 0 aliphatic rings. The third-order valence-corrected chi connectivity index (χ3v) is 4.57. The van der Waals surface area contributed by atoms with Gasteiger partial charge in [-0.05, 0) is 24.1 Å². The Bertz CT molecular complexity index is 671. The molecule has 2 N–H and O–H groups in total. The molecule has 1 aromatic carbocycles. The standard InChI is InChI=1S/C16H26ClN3O4S.HI/c1-18-16(20-8-9-24-10-11-25(3,21)22)19-7-6-13-4-5-14(23-2)12-15(13)17;/h4-5,12H,6-11H2,1-3H3,(H2,18,19,20);1H. The van der Waals surface area contributed by atoms with Gasteiger partial charge < -0.3 is 20.1 Å². The van der Waals surface area contributed by atoms with Crippen molar-refractivity contribution in [1.29, 1.82) is 0 Å². The zero-order chi connectivity index (χ0) is 18.7. The summed E-state index contributed by atoms with van der Waals surface area (Å²) in [6, 6.07) is 5.61. The molecule has 0 aliphatic heterocycles. The highest BCUT2D eigenvalue weighted by atomic mass is 127. The molecule has 7 nitrogen and oxygen atoms in total. The number of nitrogens with zero attached hydrogens (tertiary/aromatic N) is 1. The Morgan fingerprint density at radius 3 is 2.50 bits per heavy atom. The van der Waals surface area contributed by atoms with Gasteiger partial charge in [0.2, 0.25) is 0 Å². The van der Waals surface area contributed by atoms with E-state index in [9.17, 15) is 8.42 Å². The van der Waals surface area contributed by atoms with Crippen LogP contribution in [0.1, 0.15) is 5.56 Å². The maximum atomic E-state index is 11.0. The molecule has 1 aromatic rings. The van der Waals surface area contributed by atoms with E-state index in [2.05, 4.69) is 15.6 Å². The van der Waals surface area contributed by atoms with Crippen LogP contribution in [0.5, 0.6) is 5.75 Å². The molecular formula is C16H27ClIN3O4S. The molecule has 0 saturated heterocycles. The summed E-state index contributed by atoms with van der Waals surface area (Å²) >= 11 is 6.21. The van der Waals surface area contributed by atoms with Crippen LogP contribution in [0.15, 0.2) is 23.2 Å². The molecule has 0 fully saturated rings. The third-order valence-electron chi connectivity index (χ3n) is 3.31. The number of guanidine groups is 1. The van der Waals surface area contributed by atoms with Crippen LogP contribution in [-0.2, 0) is 21.0 Å². The first-order valence-electron chi connectivity index (χ1n) is 7.88. The minimum atomic E-state index is -2.98. The van der Waals surface area contributed by atoms with Crippen LogP contribution in [0.25, 0.3) is 0 Å². The predicted molar refractivity (Wildman–Crippen MR) is 117 cm³/mol. The lowest BCUT2D eigenvalue weighted by Gasteiger charge is -2.13. The average Bonchev–Trinajstić information content (AvgIpc) is 2.56. The fourth-order valence-corrected chi connectivity index (χ4v) is 2.63. The molecule has 10 heteroatoms. The van der Waals surface area contributed by atoms with E-state index in [4.69, 9.17) is 21.1 Å². The van der Waals surface area contributed by atoms with Gasteiger partial charge in [-0.1, -0.05) is 17.7 Å². The van der Waals surface area contributed by atoms with Gasteiger partial charge in [0, 0.05) is 31.4 Å². The molecule has 0 bridgehead atoms. The highest BCUT2D eigenvalue weighted by molar-refractivity contribution is 14.0. The maximum Gasteiger partial charge on any atom is 0.191 e. The summed E-state index contributed by atoms with van der Waals surface area (Å²) in [6.45, 7) is 1.80. The SMILES string of the molecule is CN=C(NCCOCCS(C)(=O)=O)NCCc1ccc(OC)cc1Cl.I. The Balaban J connectivity index is 0.00000625. The van der Waals surface area contributed by atoms with Gasteiger partial charge in [0.15, 0.2) is 5.96 Å². The second-order valence-electron chi connectivity index (χ2n) is 5.38. The fourth-order valence-electron chi connectivity index (χ4n) is 1.95. The van der Waals surface area contributed by atoms with Gasteiger partial charge in [-0.3, -0.25) is 4.99 Å². The topological polar surface area (TPSA) is 89.0 Å². The second kappa shape index (κ2) is 13.4. The first-order valence-corrected chi connectivity index (χ1v) is 10.3. The van der Waals surface area contributed by atoms with Crippen molar-refractivity contribution in [2.24, 2.45) is 4.99 Å². The Labute approximate surface area is 177 Å². The fraction of sp³-hybridized carbons (Fsp3) is 0.562. The highest BCUT2D eigenvalue weighted by Crippen LogP contribution is 2.22. The van der Waals surface area contributed by atoms with E-state index in [1.165, 1.54) is 6.26 Å². The van der Waals surface area contributed by atoms with Crippen molar-refractivity contribution in [3.8, 4) is 5.75 Å². The molecule has 0 aromatic heterocycles. The molecule has 0 radical (unpaired) electrons. The number of hydrogen-bond donors (Lipinski definition) is 2. The summed E-state index contributed by atoms with van der Waals surface area (Å²) < 4.78 is 32.3. The lowest BCUT2D eigenvalue weighted by Crippen LogP contribution is -2.40. The van der Waals surface area contributed by atoms with Crippen LogP contribution < -0.4 is 15.4 Å². The Morgan fingerprint density at radius 2 is 1.92 bits per heavy atom. The van der Waals surface area contributed by atoms with Crippen LogP contribution >= 0.6 is 35.6 Å². The molecule has 26 heavy (non-hydrogen) atoms. The van der Waals surface area contributed by atoms with Crippen molar-refractivity contribution < 1.29 is 17.9 Å². The van der Waals surface area contributed by atoms with Crippen molar-refractivity contribution in [2.45, 2.75) is 6.42 Å². The summed E-state index contributed by atoms with van der Waals surface area (Å²) in [6.07, 6.45) is 1.93. The van der Waals surface area contributed by atoms with Gasteiger partial charge in [-0.25, -0.2) is 8.42 Å². The van der Waals surface area contributed by atoms with Gasteiger partial charge >= 0.3 is 0 Å². The highest BCUT2D eigenvalue weighted by Gasteiger charge is 2.04. The number of methoxy groups -OCH3 is 1. The summed E-state index contributed by atoms with van der Waals surface area (Å²) in [5, 5.41) is 6.95. The minimum Gasteiger partial charge on any atom is -0.497 e. The zero-order valence-corrected chi connectivity index (χ0v) is 19.2. The molecule has 0 spiro atoms. The van der Waals surface area contributed by atoms with Gasteiger partial charge in [0.05, 0.1) is 26.1 Å². The largest absolute Gasteiger partial charge is 0.497 e. The normalized spacial score (nSPS) is 11.6. The van der Waals surface area contributed by atoms with Crippen LogP contribution in [0, 0.1) is 0 Å². The van der Waals surface area contributed by atoms with Crippen molar-refractivity contribution in [3.05, 3.63) is 28.8 Å². The Hall–Kier alpha value is -0.780. The third kappa shape index (κ3) is 11.0. The van der Waals surface area contributed by atoms with E-state index < -0.39 is 9.84 Å². The van der Waals surface area contributed by atoms with Crippen molar-refractivity contribution in [3.63, 3.8) is 0 Å². The lowest BCUT2D eigenvalue weighted by atomic mass is 10.1. The summed E-state index contributed by atoms with van der Waals surface area (Å²) in [5.74, 6) is 1.41. The quantitative estimate of drug-likeness (QED) is 0.212. The lowest BCUT2D eigenvalue weighted by molar-refractivity contribution is 0.154. The van der Waals surface area contributed by atoms with Crippen LogP contribution in [0.4, 0.5) is 0 Å². The number of halogens is 2. The van der Waals surface area contributed by atoms with Crippen molar-refractivity contribution >= 4 is 51.4 Å². The molecule has 150 valence electrons. The van der Waals surface area contributed by atoms with Gasteiger partial charge in [0.1, 0.15) is 15.6 Å². The van der Waals surface area contributed by atoms with E-state index in [1.807, 2.05) is 12.1 Å². The van der Waals surface area contributed by atoms with E-state index in [-0.39, 0.29) is 36.3 Å². The number of nitrogens with one attached hydrogen (secondary N) is 2. The van der Waals surface area contributed by atoms with Crippen LogP contribution in [0.2, 0.25) is 5.02 Å². The molecule has 0 atom stereocenters. The number of ether oxygens (including phenoxy) is 2. The molecule has 0 unspecified atom stereocenters. The Kier molecular flexibility index (Phi) is 13.0. The molecule has 0 heterocycles. The van der Waals surface area contributed by atoms with E-state index in [1.54, 1.807) is 20.2 Å². The monoisotopic (exact) mass is 519 g/mol. The first-order chi connectivity index (χ1) is 11.9. The van der Waals surface area contributed by atoms with Gasteiger partial charge in [-0.2, -0.15) is 0 Å². The molecular weight excluding hydrogens is 493 g/mol. The number of aliphatic imine (C=N–C) groups is 1. The zero-order valence-electron chi connectivity index (χ0n) is 15.2.